The highest BCUT2D eigenvalue weighted by molar-refractivity contribution is 6.31. The number of hydrogen-bond donors (Lipinski definition) is 1. The van der Waals surface area contributed by atoms with E-state index < -0.39 is 0 Å². The van der Waals surface area contributed by atoms with E-state index in [1.54, 1.807) is 0 Å². The summed E-state index contributed by atoms with van der Waals surface area (Å²) in [4.78, 5) is 0. The third-order valence-electron chi connectivity index (χ3n) is 3.94. The van der Waals surface area contributed by atoms with Gasteiger partial charge in [-0.1, -0.05) is 36.7 Å². The Morgan fingerprint density at radius 1 is 1.29 bits per heavy atom. The number of hydrogen-bond acceptors (Lipinski definition) is 2. The standard InChI is InChI=1S/C17H22ClN3/c1-2-9-19-10-15-11-20-21(17(15)13-7-8-13)12-14-5-3-4-6-16(14)18/h3-6,11,13,19H,2,7-10,12H2,1H3. The van der Waals surface area contributed by atoms with Crippen molar-refractivity contribution in [2.75, 3.05) is 6.54 Å². The zero-order valence-corrected chi connectivity index (χ0v) is 13.2. The van der Waals surface area contributed by atoms with Crippen LogP contribution in [-0.2, 0) is 13.1 Å². The molecule has 0 unspecified atom stereocenters. The lowest BCUT2D eigenvalue weighted by Gasteiger charge is -2.10. The maximum atomic E-state index is 6.28. The molecule has 21 heavy (non-hydrogen) atoms. The van der Waals surface area contributed by atoms with E-state index in [0.29, 0.717) is 5.92 Å². The summed E-state index contributed by atoms with van der Waals surface area (Å²) in [6.45, 7) is 4.93. The van der Waals surface area contributed by atoms with Crippen molar-refractivity contribution in [1.29, 1.82) is 0 Å². The minimum atomic E-state index is 0.688. The maximum absolute atomic E-state index is 6.28. The molecular formula is C17H22ClN3. The van der Waals surface area contributed by atoms with Gasteiger partial charge in [-0.15, -0.1) is 0 Å². The molecule has 0 radical (unpaired) electrons. The van der Waals surface area contributed by atoms with Crippen LogP contribution < -0.4 is 5.32 Å². The van der Waals surface area contributed by atoms with Crippen molar-refractivity contribution in [2.24, 2.45) is 0 Å². The smallest absolute Gasteiger partial charge is 0.0677 e. The summed E-state index contributed by atoms with van der Waals surface area (Å²) in [5, 5.41) is 8.91. The summed E-state index contributed by atoms with van der Waals surface area (Å²) in [6, 6.07) is 8.03. The molecule has 2 aromatic rings. The topological polar surface area (TPSA) is 29.9 Å². The zero-order chi connectivity index (χ0) is 14.7. The lowest BCUT2D eigenvalue weighted by molar-refractivity contribution is 0.634. The van der Waals surface area contributed by atoms with Gasteiger partial charge in [0.2, 0.25) is 0 Å². The summed E-state index contributed by atoms with van der Waals surface area (Å²) in [6.07, 6.45) is 5.75. The Bertz CT molecular complexity index is 602. The van der Waals surface area contributed by atoms with Crippen LogP contribution in [0.25, 0.3) is 0 Å². The molecule has 0 amide bonds. The molecule has 1 saturated carbocycles. The molecule has 1 aliphatic rings. The predicted molar refractivity (Wildman–Crippen MR) is 86.8 cm³/mol. The van der Waals surface area contributed by atoms with Crippen molar-refractivity contribution in [3.05, 3.63) is 52.3 Å². The predicted octanol–water partition coefficient (Wildman–Crippen LogP) is 3.96. The Morgan fingerprint density at radius 3 is 2.81 bits per heavy atom. The fourth-order valence-corrected chi connectivity index (χ4v) is 2.91. The summed E-state index contributed by atoms with van der Waals surface area (Å²) in [5.41, 5.74) is 3.88. The summed E-state index contributed by atoms with van der Waals surface area (Å²) in [7, 11) is 0. The van der Waals surface area contributed by atoms with Gasteiger partial charge in [-0.3, -0.25) is 4.68 Å². The monoisotopic (exact) mass is 303 g/mol. The van der Waals surface area contributed by atoms with Crippen molar-refractivity contribution < 1.29 is 0 Å². The number of nitrogens with one attached hydrogen (secondary N) is 1. The Hall–Kier alpha value is -1.32. The van der Waals surface area contributed by atoms with Crippen LogP contribution in [0.5, 0.6) is 0 Å². The van der Waals surface area contributed by atoms with E-state index in [1.165, 1.54) is 24.1 Å². The number of rotatable bonds is 7. The fraction of sp³-hybridized carbons (Fsp3) is 0.471. The van der Waals surface area contributed by atoms with Gasteiger partial charge in [-0.05, 0) is 37.4 Å². The highest BCUT2D eigenvalue weighted by Gasteiger charge is 2.30. The van der Waals surface area contributed by atoms with E-state index in [9.17, 15) is 0 Å². The first-order valence-electron chi connectivity index (χ1n) is 7.78. The van der Waals surface area contributed by atoms with Crippen LogP contribution in [0.4, 0.5) is 0 Å². The van der Waals surface area contributed by atoms with E-state index in [1.807, 2.05) is 24.4 Å². The Labute approximate surface area is 131 Å². The van der Waals surface area contributed by atoms with Crippen molar-refractivity contribution in [3.8, 4) is 0 Å². The van der Waals surface area contributed by atoms with Crippen LogP contribution in [0.2, 0.25) is 5.02 Å². The maximum Gasteiger partial charge on any atom is 0.0677 e. The number of halogens is 1. The molecule has 0 atom stereocenters. The van der Waals surface area contributed by atoms with E-state index in [-0.39, 0.29) is 0 Å². The van der Waals surface area contributed by atoms with Gasteiger partial charge < -0.3 is 5.32 Å². The quantitative estimate of drug-likeness (QED) is 0.785. The third-order valence-corrected chi connectivity index (χ3v) is 4.31. The highest BCUT2D eigenvalue weighted by atomic mass is 35.5. The van der Waals surface area contributed by atoms with Crippen molar-refractivity contribution in [1.82, 2.24) is 15.1 Å². The van der Waals surface area contributed by atoms with Crippen LogP contribution in [0.1, 0.15) is 48.9 Å². The van der Waals surface area contributed by atoms with Gasteiger partial charge in [0.1, 0.15) is 0 Å². The van der Waals surface area contributed by atoms with Gasteiger partial charge in [-0.2, -0.15) is 5.10 Å². The molecule has 4 heteroatoms. The summed E-state index contributed by atoms with van der Waals surface area (Å²) >= 11 is 6.28. The van der Waals surface area contributed by atoms with E-state index in [2.05, 4.69) is 28.1 Å². The minimum absolute atomic E-state index is 0.688. The van der Waals surface area contributed by atoms with E-state index in [4.69, 9.17) is 11.6 Å². The van der Waals surface area contributed by atoms with Gasteiger partial charge >= 0.3 is 0 Å². The Balaban J connectivity index is 1.80. The fourth-order valence-electron chi connectivity index (χ4n) is 2.71. The molecule has 1 N–H and O–H groups in total. The first kappa shape index (κ1) is 14.6. The van der Waals surface area contributed by atoms with Gasteiger partial charge in [0, 0.05) is 28.7 Å². The summed E-state index contributed by atoms with van der Waals surface area (Å²) in [5.74, 6) is 0.688. The molecule has 0 spiro atoms. The normalized spacial score (nSPS) is 14.6. The average molecular weight is 304 g/mol. The lowest BCUT2D eigenvalue weighted by Crippen LogP contribution is -2.15. The average Bonchev–Trinajstić information content (AvgIpc) is 3.25. The first-order chi connectivity index (χ1) is 10.3. The lowest BCUT2D eigenvalue weighted by atomic mass is 10.1. The number of aromatic nitrogens is 2. The van der Waals surface area contributed by atoms with Crippen LogP contribution in [-0.4, -0.2) is 16.3 Å². The largest absolute Gasteiger partial charge is 0.313 e. The second-order valence-electron chi connectivity index (χ2n) is 5.76. The molecule has 112 valence electrons. The molecule has 1 aromatic heterocycles. The van der Waals surface area contributed by atoms with E-state index in [0.717, 1.165) is 36.6 Å². The van der Waals surface area contributed by atoms with Crippen molar-refractivity contribution >= 4 is 11.6 Å². The van der Waals surface area contributed by atoms with E-state index >= 15 is 0 Å². The molecule has 1 fully saturated rings. The van der Waals surface area contributed by atoms with Crippen LogP contribution in [0.3, 0.4) is 0 Å². The molecule has 3 rings (SSSR count). The molecule has 0 bridgehead atoms. The van der Waals surface area contributed by atoms with Crippen molar-refractivity contribution in [3.63, 3.8) is 0 Å². The molecule has 1 aliphatic carbocycles. The minimum Gasteiger partial charge on any atom is -0.313 e. The van der Waals surface area contributed by atoms with Crippen molar-refractivity contribution in [2.45, 2.75) is 45.2 Å². The second kappa shape index (κ2) is 6.63. The van der Waals surface area contributed by atoms with Gasteiger partial charge in [0.25, 0.3) is 0 Å². The highest BCUT2D eigenvalue weighted by Crippen LogP contribution is 2.42. The Morgan fingerprint density at radius 2 is 2.10 bits per heavy atom. The second-order valence-corrected chi connectivity index (χ2v) is 6.16. The van der Waals surface area contributed by atoms with Gasteiger partial charge in [0.05, 0.1) is 12.7 Å². The zero-order valence-electron chi connectivity index (χ0n) is 12.5. The van der Waals surface area contributed by atoms with Crippen LogP contribution in [0, 0.1) is 0 Å². The molecule has 0 aliphatic heterocycles. The molecule has 1 aromatic carbocycles. The number of benzene rings is 1. The van der Waals surface area contributed by atoms with Gasteiger partial charge in [-0.25, -0.2) is 0 Å². The van der Waals surface area contributed by atoms with Gasteiger partial charge in [0.15, 0.2) is 0 Å². The molecule has 0 saturated heterocycles. The summed E-state index contributed by atoms with van der Waals surface area (Å²) < 4.78 is 2.14. The molecule has 1 heterocycles. The van der Waals surface area contributed by atoms with Crippen LogP contribution in [0.15, 0.2) is 30.5 Å². The SMILES string of the molecule is CCCNCc1cnn(Cc2ccccc2Cl)c1C1CC1. The Kier molecular flexibility index (Phi) is 4.61. The third kappa shape index (κ3) is 3.47. The first-order valence-corrected chi connectivity index (χ1v) is 8.16. The van der Waals surface area contributed by atoms with Crippen LogP contribution >= 0.6 is 11.6 Å². The molecular weight excluding hydrogens is 282 g/mol. The number of nitrogens with zero attached hydrogens (tertiary/aromatic N) is 2. The molecule has 3 nitrogen and oxygen atoms in total.